The molecule has 2 aromatic carbocycles. The molecule has 0 aliphatic rings. The number of hydrogen-bond acceptors (Lipinski definition) is 2. The highest BCUT2D eigenvalue weighted by atomic mass is 19.1. The molecule has 0 atom stereocenters. The van der Waals surface area contributed by atoms with Crippen molar-refractivity contribution in [1.82, 2.24) is 5.32 Å². The SMILES string of the molecule is CCCNCc1cc(F)c(Oc2ccc(F)cc2)c(F)c1. The molecule has 0 saturated carbocycles. The number of hydrogen-bond donors (Lipinski definition) is 1. The van der Waals surface area contributed by atoms with Gasteiger partial charge in [0.05, 0.1) is 0 Å². The first-order chi connectivity index (χ1) is 10.1. The maximum atomic E-state index is 13.9. The molecule has 0 radical (unpaired) electrons. The van der Waals surface area contributed by atoms with Gasteiger partial charge in [0.25, 0.3) is 0 Å². The van der Waals surface area contributed by atoms with E-state index in [0.717, 1.165) is 25.1 Å². The average molecular weight is 295 g/mol. The van der Waals surface area contributed by atoms with Crippen molar-refractivity contribution in [2.75, 3.05) is 6.54 Å². The Balaban J connectivity index is 2.14. The van der Waals surface area contributed by atoms with Gasteiger partial charge in [-0.2, -0.15) is 0 Å². The molecular weight excluding hydrogens is 279 g/mol. The summed E-state index contributed by atoms with van der Waals surface area (Å²) in [6, 6.07) is 7.40. The second kappa shape index (κ2) is 7.13. The third kappa shape index (κ3) is 4.23. The lowest BCUT2D eigenvalue weighted by Gasteiger charge is -2.10. The van der Waals surface area contributed by atoms with E-state index < -0.39 is 23.2 Å². The summed E-state index contributed by atoms with van der Waals surface area (Å²) in [6.45, 7) is 3.17. The van der Waals surface area contributed by atoms with Crippen molar-refractivity contribution in [1.29, 1.82) is 0 Å². The molecule has 0 spiro atoms. The second-order valence-corrected chi connectivity index (χ2v) is 4.62. The van der Waals surface area contributed by atoms with Crippen LogP contribution in [0.2, 0.25) is 0 Å². The van der Waals surface area contributed by atoms with E-state index in [1.807, 2.05) is 6.92 Å². The van der Waals surface area contributed by atoms with Gasteiger partial charge in [-0.25, -0.2) is 13.2 Å². The summed E-state index contributed by atoms with van der Waals surface area (Å²) in [4.78, 5) is 0. The summed E-state index contributed by atoms with van der Waals surface area (Å²) in [5.74, 6) is -2.33. The maximum Gasteiger partial charge on any atom is 0.198 e. The van der Waals surface area contributed by atoms with E-state index in [0.29, 0.717) is 12.1 Å². The van der Waals surface area contributed by atoms with E-state index in [-0.39, 0.29) is 5.75 Å². The number of nitrogens with one attached hydrogen (secondary N) is 1. The van der Waals surface area contributed by atoms with Gasteiger partial charge in [-0.05, 0) is 54.9 Å². The van der Waals surface area contributed by atoms with Gasteiger partial charge in [0.2, 0.25) is 0 Å². The van der Waals surface area contributed by atoms with Crippen molar-refractivity contribution in [3.8, 4) is 11.5 Å². The second-order valence-electron chi connectivity index (χ2n) is 4.62. The molecule has 0 aromatic heterocycles. The lowest BCUT2D eigenvalue weighted by Crippen LogP contribution is -2.14. The van der Waals surface area contributed by atoms with Crippen molar-refractivity contribution in [3.63, 3.8) is 0 Å². The number of halogens is 3. The van der Waals surface area contributed by atoms with E-state index in [1.165, 1.54) is 24.3 Å². The number of benzene rings is 2. The van der Waals surface area contributed by atoms with E-state index in [9.17, 15) is 13.2 Å². The molecule has 0 unspecified atom stereocenters. The van der Waals surface area contributed by atoms with Crippen LogP contribution < -0.4 is 10.1 Å². The van der Waals surface area contributed by atoms with Crippen LogP contribution in [0.25, 0.3) is 0 Å². The lowest BCUT2D eigenvalue weighted by molar-refractivity contribution is 0.405. The Hall–Kier alpha value is -2.01. The fraction of sp³-hybridized carbons (Fsp3) is 0.250. The summed E-state index contributed by atoms with van der Waals surface area (Å²) < 4.78 is 45.7. The van der Waals surface area contributed by atoms with Crippen molar-refractivity contribution in [2.45, 2.75) is 19.9 Å². The molecule has 1 N–H and O–H groups in total. The van der Waals surface area contributed by atoms with Crippen LogP contribution in [0.3, 0.4) is 0 Å². The van der Waals surface area contributed by atoms with Crippen LogP contribution in [0.5, 0.6) is 11.5 Å². The zero-order chi connectivity index (χ0) is 15.2. The van der Waals surface area contributed by atoms with Crippen molar-refractivity contribution < 1.29 is 17.9 Å². The van der Waals surface area contributed by atoms with Gasteiger partial charge in [0.15, 0.2) is 17.4 Å². The largest absolute Gasteiger partial charge is 0.451 e. The average Bonchev–Trinajstić information content (AvgIpc) is 2.45. The van der Waals surface area contributed by atoms with Gasteiger partial charge >= 0.3 is 0 Å². The molecule has 0 fully saturated rings. The fourth-order valence-electron chi connectivity index (χ4n) is 1.84. The Labute approximate surface area is 121 Å². The standard InChI is InChI=1S/C16H16F3NO/c1-2-7-20-10-11-8-14(18)16(15(19)9-11)21-13-5-3-12(17)4-6-13/h3-6,8-9,20H,2,7,10H2,1H3. The minimum Gasteiger partial charge on any atom is -0.451 e. The van der Waals surface area contributed by atoms with Crippen LogP contribution in [-0.2, 0) is 6.54 Å². The van der Waals surface area contributed by atoms with Crippen LogP contribution in [0.1, 0.15) is 18.9 Å². The van der Waals surface area contributed by atoms with Crippen molar-refractivity contribution in [3.05, 3.63) is 59.4 Å². The quantitative estimate of drug-likeness (QED) is 0.798. The molecular formula is C16H16F3NO. The van der Waals surface area contributed by atoms with Crippen LogP contribution in [0.15, 0.2) is 36.4 Å². The van der Waals surface area contributed by atoms with Crippen LogP contribution >= 0.6 is 0 Å². The molecule has 0 amide bonds. The first-order valence-corrected chi connectivity index (χ1v) is 6.72. The van der Waals surface area contributed by atoms with Gasteiger partial charge < -0.3 is 10.1 Å². The fourth-order valence-corrected chi connectivity index (χ4v) is 1.84. The molecule has 0 aliphatic carbocycles. The highest BCUT2D eigenvalue weighted by Crippen LogP contribution is 2.28. The Morgan fingerprint density at radius 1 is 1.00 bits per heavy atom. The molecule has 0 saturated heterocycles. The summed E-state index contributed by atoms with van der Waals surface area (Å²) in [5, 5.41) is 3.07. The van der Waals surface area contributed by atoms with Gasteiger partial charge in [-0.3, -0.25) is 0 Å². The summed E-state index contributed by atoms with van der Waals surface area (Å²) in [5.41, 5.74) is 0.505. The lowest BCUT2D eigenvalue weighted by atomic mass is 10.2. The third-order valence-electron chi connectivity index (χ3n) is 2.85. The zero-order valence-corrected chi connectivity index (χ0v) is 11.6. The smallest absolute Gasteiger partial charge is 0.198 e. The van der Waals surface area contributed by atoms with Gasteiger partial charge in [0, 0.05) is 6.54 Å². The molecule has 112 valence electrons. The molecule has 0 bridgehead atoms. The summed E-state index contributed by atoms with van der Waals surface area (Å²) >= 11 is 0. The Morgan fingerprint density at radius 3 is 2.19 bits per heavy atom. The van der Waals surface area contributed by atoms with Gasteiger partial charge in [-0.1, -0.05) is 6.92 Å². The highest BCUT2D eigenvalue weighted by Gasteiger charge is 2.13. The van der Waals surface area contributed by atoms with Crippen LogP contribution in [0.4, 0.5) is 13.2 Å². The van der Waals surface area contributed by atoms with E-state index >= 15 is 0 Å². The zero-order valence-electron chi connectivity index (χ0n) is 11.6. The predicted octanol–water partition coefficient (Wildman–Crippen LogP) is 4.40. The first-order valence-electron chi connectivity index (χ1n) is 6.72. The van der Waals surface area contributed by atoms with Gasteiger partial charge in [-0.15, -0.1) is 0 Å². The maximum absolute atomic E-state index is 13.9. The Kier molecular flexibility index (Phi) is 5.22. The molecule has 2 rings (SSSR count). The van der Waals surface area contributed by atoms with E-state index in [4.69, 9.17) is 4.74 Å². The summed E-state index contributed by atoms with van der Waals surface area (Å²) in [6.07, 6.45) is 0.941. The van der Waals surface area contributed by atoms with Crippen molar-refractivity contribution >= 4 is 0 Å². The van der Waals surface area contributed by atoms with Crippen LogP contribution in [0, 0.1) is 17.5 Å². The molecule has 5 heteroatoms. The molecule has 21 heavy (non-hydrogen) atoms. The van der Waals surface area contributed by atoms with Crippen molar-refractivity contribution in [2.24, 2.45) is 0 Å². The predicted molar refractivity (Wildman–Crippen MR) is 74.8 cm³/mol. The number of rotatable bonds is 6. The topological polar surface area (TPSA) is 21.3 Å². The molecule has 2 aromatic rings. The summed E-state index contributed by atoms with van der Waals surface area (Å²) in [7, 11) is 0. The van der Waals surface area contributed by atoms with Crippen LogP contribution in [-0.4, -0.2) is 6.54 Å². The van der Waals surface area contributed by atoms with Gasteiger partial charge in [0.1, 0.15) is 11.6 Å². The molecule has 0 heterocycles. The monoisotopic (exact) mass is 295 g/mol. The minimum atomic E-state index is -0.785. The molecule has 0 aliphatic heterocycles. The first kappa shape index (κ1) is 15.4. The third-order valence-corrected chi connectivity index (χ3v) is 2.85. The number of ether oxygens (including phenoxy) is 1. The molecule has 2 nitrogen and oxygen atoms in total. The highest BCUT2D eigenvalue weighted by molar-refractivity contribution is 5.36. The van der Waals surface area contributed by atoms with E-state index in [1.54, 1.807) is 0 Å². The Bertz CT molecular complexity index is 576. The normalized spacial score (nSPS) is 10.7. The van der Waals surface area contributed by atoms with E-state index in [2.05, 4.69) is 5.32 Å². The minimum absolute atomic E-state index is 0.172. The Morgan fingerprint density at radius 2 is 1.62 bits per heavy atom.